The summed E-state index contributed by atoms with van der Waals surface area (Å²) in [4.78, 5) is 11.7. The molecule has 18 heavy (non-hydrogen) atoms. The Bertz CT molecular complexity index is 431. The molecular formula is C13H16F2N2O. The average Bonchev–Trinajstić information content (AvgIpc) is 2.34. The normalized spacial score (nSPS) is 16.6. The summed E-state index contributed by atoms with van der Waals surface area (Å²) in [6, 6.07) is 3.43. The van der Waals surface area contributed by atoms with Gasteiger partial charge in [-0.05, 0) is 37.6 Å². The summed E-state index contributed by atoms with van der Waals surface area (Å²) in [5.41, 5.74) is 0.225. The SMILES string of the molecule is O=C(Cc1ccc(F)cc1F)NC1CCNCC1. The van der Waals surface area contributed by atoms with Crippen LogP contribution >= 0.6 is 0 Å². The molecule has 0 atom stereocenters. The predicted octanol–water partition coefficient (Wildman–Crippen LogP) is 1.38. The van der Waals surface area contributed by atoms with Crippen molar-refractivity contribution in [2.24, 2.45) is 0 Å². The van der Waals surface area contributed by atoms with Crippen LogP contribution in [0.4, 0.5) is 8.78 Å². The van der Waals surface area contributed by atoms with Crippen LogP contribution in [0.2, 0.25) is 0 Å². The zero-order chi connectivity index (χ0) is 13.0. The molecule has 0 unspecified atom stereocenters. The molecule has 2 N–H and O–H groups in total. The van der Waals surface area contributed by atoms with Crippen LogP contribution in [0.25, 0.3) is 0 Å². The fraction of sp³-hybridized carbons (Fsp3) is 0.462. The van der Waals surface area contributed by atoms with Gasteiger partial charge in [-0.1, -0.05) is 6.07 Å². The van der Waals surface area contributed by atoms with Crippen molar-refractivity contribution in [2.45, 2.75) is 25.3 Å². The summed E-state index contributed by atoms with van der Waals surface area (Å²) in [6.07, 6.45) is 1.73. The number of carbonyl (C=O) groups excluding carboxylic acids is 1. The van der Waals surface area contributed by atoms with Crippen LogP contribution in [0.3, 0.4) is 0 Å². The molecule has 98 valence electrons. The van der Waals surface area contributed by atoms with Crippen LogP contribution in [0.1, 0.15) is 18.4 Å². The Balaban J connectivity index is 1.90. The van der Waals surface area contributed by atoms with Gasteiger partial charge in [0.05, 0.1) is 6.42 Å². The molecule has 1 heterocycles. The van der Waals surface area contributed by atoms with Gasteiger partial charge in [-0.25, -0.2) is 8.78 Å². The first-order chi connectivity index (χ1) is 8.65. The maximum Gasteiger partial charge on any atom is 0.224 e. The minimum absolute atomic E-state index is 0.0456. The second-order valence-corrected chi connectivity index (χ2v) is 4.50. The van der Waals surface area contributed by atoms with Gasteiger partial charge < -0.3 is 10.6 Å². The van der Waals surface area contributed by atoms with Gasteiger partial charge in [0.2, 0.25) is 5.91 Å². The minimum Gasteiger partial charge on any atom is -0.353 e. The lowest BCUT2D eigenvalue weighted by Crippen LogP contribution is -2.43. The third-order valence-corrected chi connectivity index (χ3v) is 3.07. The Morgan fingerprint density at radius 3 is 2.72 bits per heavy atom. The summed E-state index contributed by atoms with van der Waals surface area (Å²) in [5, 5.41) is 6.07. The zero-order valence-electron chi connectivity index (χ0n) is 10.0. The highest BCUT2D eigenvalue weighted by Crippen LogP contribution is 2.10. The van der Waals surface area contributed by atoms with E-state index in [4.69, 9.17) is 0 Å². The molecule has 3 nitrogen and oxygen atoms in total. The van der Waals surface area contributed by atoms with Crippen LogP contribution in [0.15, 0.2) is 18.2 Å². The number of benzene rings is 1. The maximum atomic E-state index is 13.4. The van der Waals surface area contributed by atoms with Gasteiger partial charge in [-0.15, -0.1) is 0 Å². The minimum atomic E-state index is -0.671. The average molecular weight is 254 g/mol. The van der Waals surface area contributed by atoms with E-state index in [1.54, 1.807) is 0 Å². The number of amides is 1. The quantitative estimate of drug-likeness (QED) is 0.855. The number of halogens is 2. The van der Waals surface area contributed by atoms with Crippen molar-refractivity contribution in [3.05, 3.63) is 35.4 Å². The third-order valence-electron chi connectivity index (χ3n) is 3.07. The first-order valence-electron chi connectivity index (χ1n) is 6.09. The predicted molar refractivity (Wildman–Crippen MR) is 64.1 cm³/mol. The van der Waals surface area contributed by atoms with Gasteiger partial charge in [0.1, 0.15) is 11.6 Å². The van der Waals surface area contributed by atoms with Crippen molar-refractivity contribution < 1.29 is 13.6 Å². The van der Waals surface area contributed by atoms with E-state index in [2.05, 4.69) is 10.6 Å². The monoisotopic (exact) mass is 254 g/mol. The molecule has 0 bridgehead atoms. The number of carbonyl (C=O) groups is 1. The van der Waals surface area contributed by atoms with E-state index in [9.17, 15) is 13.6 Å². The zero-order valence-corrected chi connectivity index (χ0v) is 10.0. The van der Waals surface area contributed by atoms with Crippen molar-refractivity contribution in [1.82, 2.24) is 10.6 Å². The summed E-state index contributed by atoms with van der Waals surface area (Å²) < 4.78 is 26.1. The van der Waals surface area contributed by atoms with Gasteiger partial charge in [-0.3, -0.25) is 4.79 Å². The largest absolute Gasteiger partial charge is 0.353 e. The van der Waals surface area contributed by atoms with E-state index in [-0.39, 0.29) is 23.9 Å². The molecule has 1 aliphatic heterocycles. The number of nitrogens with one attached hydrogen (secondary N) is 2. The van der Waals surface area contributed by atoms with Gasteiger partial charge in [-0.2, -0.15) is 0 Å². The molecule has 0 aliphatic carbocycles. The molecule has 0 radical (unpaired) electrons. The fourth-order valence-electron chi connectivity index (χ4n) is 2.08. The van der Waals surface area contributed by atoms with Gasteiger partial charge in [0.15, 0.2) is 0 Å². The molecule has 1 fully saturated rings. The van der Waals surface area contributed by atoms with Crippen LogP contribution < -0.4 is 10.6 Å². The lowest BCUT2D eigenvalue weighted by Gasteiger charge is -2.23. The van der Waals surface area contributed by atoms with Gasteiger partial charge >= 0.3 is 0 Å². The van der Waals surface area contributed by atoms with Crippen molar-refractivity contribution in [3.63, 3.8) is 0 Å². The topological polar surface area (TPSA) is 41.1 Å². The molecule has 0 aromatic heterocycles. The molecule has 1 aromatic rings. The molecular weight excluding hydrogens is 238 g/mol. The van der Waals surface area contributed by atoms with Crippen molar-refractivity contribution in [1.29, 1.82) is 0 Å². The van der Waals surface area contributed by atoms with E-state index in [0.29, 0.717) is 0 Å². The first kappa shape index (κ1) is 13.0. The molecule has 0 spiro atoms. The maximum absolute atomic E-state index is 13.4. The Kier molecular flexibility index (Phi) is 4.25. The lowest BCUT2D eigenvalue weighted by molar-refractivity contribution is -0.121. The Morgan fingerprint density at radius 2 is 2.06 bits per heavy atom. The summed E-state index contributed by atoms with van der Waals surface area (Å²) in [6.45, 7) is 1.77. The molecule has 1 amide bonds. The fourth-order valence-corrected chi connectivity index (χ4v) is 2.08. The standard InChI is InChI=1S/C13H16F2N2O/c14-10-2-1-9(12(15)8-10)7-13(18)17-11-3-5-16-6-4-11/h1-2,8,11,16H,3-7H2,(H,17,18). The second-order valence-electron chi connectivity index (χ2n) is 4.50. The first-order valence-corrected chi connectivity index (χ1v) is 6.09. The number of rotatable bonds is 3. The van der Waals surface area contributed by atoms with Crippen molar-refractivity contribution >= 4 is 5.91 Å². The number of hydrogen-bond donors (Lipinski definition) is 2. The second kappa shape index (κ2) is 5.91. The molecule has 1 saturated heterocycles. The van der Waals surface area contributed by atoms with E-state index in [0.717, 1.165) is 38.1 Å². The molecule has 2 rings (SSSR count). The molecule has 1 aromatic carbocycles. The highest BCUT2D eigenvalue weighted by atomic mass is 19.1. The van der Waals surface area contributed by atoms with Crippen LogP contribution in [0, 0.1) is 11.6 Å². The highest BCUT2D eigenvalue weighted by Gasteiger charge is 2.16. The Hall–Kier alpha value is -1.49. The molecule has 1 aliphatic rings. The van der Waals surface area contributed by atoms with Gasteiger partial charge in [0.25, 0.3) is 0 Å². The van der Waals surface area contributed by atoms with Crippen LogP contribution in [-0.4, -0.2) is 25.0 Å². The summed E-state index contributed by atoms with van der Waals surface area (Å²) >= 11 is 0. The van der Waals surface area contributed by atoms with E-state index in [1.165, 1.54) is 6.07 Å². The molecule has 0 saturated carbocycles. The Labute approximate surface area is 105 Å². The van der Waals surface area contributed by atoms with E-state index >= 15 is 0 Å². The Morgan fingerprint density at radius 1 is 1.33 bits per heavy atom. The smallest absolute Gasteiger partial charge is 0.224 e. The molecule has 5 heteroatoms. The lowest BCUT2D eigenvalue weighted by atomic mass is 10.1. The van der Waals surface area contributed by atoms with Crippen molar-refractivity contribution in [3.8, 4) is 0 Å². The summed E-state index contributed by atoms with van der Waals surface area (Å²) in [7, 11) is 0. The van der Waals surface area contributed by atoms with Crippen LogP contribution in [0.5, 0.6) is 0 Å². The summed E-state index contributed by atoms with van der Waals surface area (Å²) in [5.74, 6) is -1.52. The van der Waals surface area contributed by atoms with E-state index in [1.807, 2.05) is 0 Å². The number of hydrogen-bond acceptors (Lipinski definition) is 2. The van der Waals surface area contributed by atoms with E-state index < -0.39 is 11.6 Å². The number of piperidine rings is 1. The van der Waals surface area contributed by atoms with Crippen LogP contribution in [-0.2, 0) is 11.2 Å². The van der Waals surface area contributed by atoms with Gasteiger partial charge in [0, 0.05) is 12.1 Å². The van der Waals surface area contributed by atoms with Crippen molar-refractivity contribution in [2.75, 3.05) is 13.1 Å². The highest BCUT2D eigenvalue weighted by molar-refractivity contribution is 5.78. The third kappa shape index (κ3) is 3.50.